The summed E-state index contributed by atoms with van der Waals surface area (Å²) in [6, 6.07) is 13.2. The third-order valence-corrected chi connectivity index (χ3v) is 11.4. The van der Waals surface area contributed by atoms with Crippen molar-refractivity contribution in [3.05, 3.63) is 47.5 Å². The second-order valence-corrected chi connectivity index (χ2v) is 15.6. The highest BCUT2D eigenvalue weighted by Crippen LogP contribution is 2.35. The lowest BCUT2D eigenvalue weighted by atomic mass is 9.80. The van der Waals surface area contributed by atoms with Gasteiger partial charge in [0, 0.05) is 38.3 Å². The smallest absolute Gasteiger partial charge is 0.322 e. The number of carbonyl (C=O) groups excluding carboxylic acids is 2. The molecule has 0 aliphatic heterocycles. The first kappa shape index (κ1) is 37.8. The van der Waals surface area contributed by atoms with Crippen LogP contribution in [0.15, 0.2) is 36.4 Å². The topological polar surface area (TPSA) is 88.7 Å². The van der Waals surface area contributed by atoms with Crippen LogP contribution in [0.4, 0.5) is 32.3 Å². The van der Waals surface area contributed by atoms with Gasteiger partial charge in [0.2, 0.25) is 0 Å². The van der Waals surface area contributed by atoms with Crippen LogP contribution in [-0.2, 0) is 0 Å². The van der Waals surface area contributed by atoms with E-state index in [1.54, 1.807) is 0 Å². The van der Waals surface area contributed by atoms with Crippen molar-refractivity contribution in [3.63, 3.8) is 0 Å². The van der Waals surface area contributed by atoms with E-state index < -0.39 is 0 Å². The third-order valence-electron chi connectivity index (χ3n) is 11.4. The van der Waals surface area contributed by atoms with E-state index in [4.69, 9.17) is 0 Å². The minimum atomic E-state index is 0.0477. The SMILES string of the molecule is CCCNc1cc(C)ccc1NC(=O)N(C[C@H]1CC[C@H](CN(C(=O)Nc2ccc(C)cc2NCCC)C2CCCCC2)CC1)C1CCCCC1. The van der Waals surface area contributed by atoms with E-state index in [1.165, 1.54) is 49.7 Å². The summed E-state index contributed by atoms with van der Waals surface area (Å²) >= 11 is 0. The summed E-state index contributed by atoms with van der Waals surface area (Å²) in [5.41, 5.74) is 6.13. The van der Waals surface area contributed by atoms with Gasteiger partial charge in [-0.1, -0.05) is 64.5 Å². The number of hydrogen-bond donors (Lipinski definition) is 4. The minimum Gasteiger partial charge on any atom is -0.383 e. The zero-order chi connectivity index (χ0) is 35.3. The molecule has 3 fully saturated rings. The standard InChI is InChI=1S/C42H66N6O2/c1-5-25-43-39-27-31(3)17-23-37(39)45-41(49)47(35-13-9-7-10-14-35)29-33-19-21-34(22-20-33)30-48(36-15-11-8-12-16-36)42(50)46-38-24-18-32(4)28-40(38)44-26-6-2/h17-18,23-24,27-28,33-36,43-44H,5-16,19-22,25-26,29-30H2,1-4H3,(H,45,49)(H,46,50)/t33-,34-. The van der Waals surface area contributed by atoms with E-state index in [-0.39, 0.29) is 12.1 Å². The van der Waals surface area contributed by atoms with Gasteiger partial charge in [-0.2, -0.15) is 0 Å². The maximum Gasteiger partial charge on any atom is 0.322 e. The average molecular weight is 687 g/mol. The molecule has 2 aromatic rings. The lowest BCUT2D eigenvalue weighted by Gasteiger charge is -2.40. The monoisotopic (exact) mass is 687 g/mol. The molecule has 3 aliphatic carbocycles. The summed E-state index contributed by atoms with van der Waals surface area (Å²) in [6.45, 7) is 11.9. The van der Waals surface area contributed by atoms with Crippen molar-refractivity contribution in [1.29, 1.82) is 0 Å². The molecule has 0 aromatic heterocycles. The summed E-state index contributed by atoms with van der Waals surface area (Å²) in [4.78, 5) is 32.5. The molecule has 8 heteroatoms. The van der Waals surface area contributed by atoms with Crippen molar-refractivity contribution in [2.45, 2.75) is 143 Å². The van der Waals surface area contributed by atoms with Gasteiger partial charge in [0.1, 0.15) is 0 Å². The van der Waals surface area contributed by atoms with Gasteiger partial charge in [-0.15, -0.1) is 0 Å². The van der Waals surface area contributed by atoms with Crippen LogP contribution in [-0.4, -0.2) is 60.1 Å². The molecule has 4 N–H and O–H groups in total. The Morgan fingerprint density at radius 1 is 0.560 bits per heavy atom. The summed E-state index contributed by atoms with van der Waals surface area (Å²) in [5, 5.41) is 13.7. The molecular weight excluding hydrogens is 621 g/mol. The molecule has 0 heterocycles. The van der Waals surface area contributed by atoms with Gasteiger partial charge >= 0.3 is 12.1 Å². The molecular formula is C42H66N6O2. The second kappa shape index (κ2) is 19.3. The Hall–Kier alpha value is -3.42. The van der Waals surface area contributed by atoms with Gasteiger partial charge in [0.25, 0.3) is 0 Å². The highest BCUT2D eigenvalue weighted by Gasteiger charge is 2.33. The van der Waals surface area contributed by atoms with Gasteiger partial charge in [0.15, 0.2) is 0 Å². The first-order chi connectivity index (χ1) is 24.3. The number of nitrogens with one attached hydrogen (secondary N) is 4. The second-order valence-electron chi connectivity index (χ2n) is 15.6. The number of urea groups is 2. The molecule has 0 bridgehead atoms. The molecule has 0 spiro atoms. The first-order valence-corrected chi connectivity index (χ1v) is 20.2. The van der Waals surface area contributed by atoms with Crippen LogP contribution >= 0.6 is 0 Å². The van der Waals surface area contributed by atoms with Crippen LogP contribution in [0.5, 0.6) is 0 Å². The van der Waals surface area contributed by atoms with Crippen LogP contribution in [0.1, 0.15) is 128 Å². The molecule has 3 saturated carbocycles. The van der Waals surface area contributed by atoms with E-state index in [1.807, 2.05) is 12.1 Å². The quantitative estimate of drug-likeness (QED) is 0.159. The summed E-state index contributed by atoms with van der Waals surface area (Å²) in [7, 11) is 0. The molecule has 3 aliphatic rings. The minimum absolute atomic E-state index is 0.0477. The number of anilines is 4. The number of hydrogen-bond acceptors (Lipinski definition) is 4. The maximum atomic E-state index is 14.0. The molecule has 5 rings (SSSR count). The van der Waals surface area contributed by atoms with Crippen LogP contribution in [0.3, 0.4) is 0 Å². The largest absolute Gasteiger partial charge is 0.383 e. The molecule has 2 aromatic carbocycles. The van der Waals surface area contributed by atoms with E-state index >= 15 is 0 Å². The van der Waals surface area contributed by atoms with Crippen molar-refractivity contribution < 1.29 is 9.59 Å². The third kappa shape index (κ3) is 10.8. The number of benzene rings is 2. The van der Waals surface area contributed by atoms with Crippen molar-refractivity contribution >= 4 is 34.8 Å². The van der Waals surface area contributed by atoms with Crippen molar-refractivity contribution in [2.75, 3.05) is 47.4 Å². The molecule has 276 valence electrons. The Labute approximate surface area is 302 Å². The Morgan fingerprint density at radius 2 is 0.940 bits per heavy atom. The van der Waals surface area contributed by atoms with Crippen LogP contribution in [0.25, 0.3) is 0 Å². The predicted octanol–water partition coefficient (Wildman–Crippen LogP) is 10.8. The number of carbonyl (C=O) groups is 2. The van der Waals surface area contributed by atoms with Crippen molar-refractivity contribution in [2.24, 2.45) is 11.8 Å². The average Bonchev–Trinajstić information content (AvgIpc) is 3.14. The Bertz CT molecular complexity index is 1260. The van der Waals surface area contributed by atoms with Crippen LogP contribution in [0, 0.1) is 25.7 Å². The Balaban J connectivity index is 1.22. The molecule has 50 heavy (non-hydrogen) atoms. The summed E-state index contributed by atoms with van der Waals surface area (Å²) in [6.07, 6.45) is 18.2. The number of nitrogens with zero attached hydrogens (tertiary/aromatic N) is 2. The lowest BCUT2D eigenvalue weighted by molar-refractivity contribution is 0.117. The van der Waals surface area contributed by atoms with Gasteiger partial charge < -0.3 is 31.1 Å². The van der Waals surface area contributed by atoms with Crippen LogP contribution in [0.2, 0.25) is 0 Å². The van der Waals surface area contributed by atoms with Crippen molar-refractivity contribution in [3.8, 4) is 0 Å². The van der Waals surface area contributed by atoms with E-state index in [2.05, 4.69) is 83.0 Å². The zero-order valence-corrected chi connectivity index (χ0v) is 31.6. The maximum absolute atomic E-state index is 14.0. The molecule has 0 atom stereocenters. The Morgan fingerprint density at radius 3 is 1.30 bits per heavy atom. The highest BCUT2D eigenvalue weighted by molar-refractivity contribution is 5.94. The summed E-state index contributed by atoms with van der Waals surface area (Å²) < 4.78 is 0. The van der Waals surface area contributed by atoms with Crippen LogP contribution < -0.4 is 21.3 Å². The Kier molecular flexibility index (Phi) is 14.6. The summed E-state index contributed by atoms with van der Waals surface area (Å²) in [5.74, 6) is 0.984. The van der Waals surface area contributed by atoms with Gasteiger partial charge in [0.05, 0.1) is 22.7 Å². The van der Waals surface area contributed by atoms with Crippen molar-refractivity contribution in [1.82, 2.24) is 9.80 Å². The predicted molar refractivity (Wildman–Crippen MR) is 211 cm³/mol. The number of rotatable bonds is 14. The van der Waals surface area contributed by atoms with Gasteiger partial charge in [-0.3, -0.25) is 0 Å². The van der Waals surface area contributed by atoms with Gasteiger partial charge in [-0.25, -0.2) is 9.59 Å². The molecule has 8 nitrogen and oxygen atoms in total. The molecule has 4 amide bonds. The van der Waals surface area contributed by atoms with Gasteiger partial charge in [-0.05, 0) is 125 Å². The highest BCUT2D eigenvalue weighted by atomic mass is 16.2. The van der Waals surface area contributed by atoms with E-state index in [0.717, 1.165) is 113 Å². The lowest BCUT2D eigenvalue weighted by Crippen LogP contribution is -2.48. The molecule has 0 radical (unpaired) electrons. The fourth-order valence-corrected chi connectivity index (χ4v) is 8.45. The first-order valence-electron chi connectivity index (χ1n) is 20.2. The van der Waals surface area contributed by atoms with E-state index in [0.29, 0.717) is 23.9 Å². The fraction of sp³-hybridized carbons (Fsp3) is 0.667. The fourth-order valence-electron chi connectivity index (χ4n) is 8.45. The zero-order valence-electron chi connectivity index (χ0n) is 31.6. The number of amides is 4. The number of aryl methyl sites for hydroxylation is 2. The molecule has 0 unspecified atom stereocenters. The normalized spacial score (nSPS) is 20.2. The molecule has 0 saturated heterocycles. The van der Waals surface area contributed by atoms with E-state index in [9.17, 15) is 9.59 Å².